The average molecular weight is 564 g/mol. The topological polar surface area (TPSA) is 86.8 Å². The van der Waals surface area contributed by atoms with Gasteiger partial charge >= 0.3 is 0 Å². The summed E-state index contributed by atoms with van der Waals surface area (Å²) in [5, 5.41) is 3.07. The van der Waals surface area contributed by atoms with E-state index in [9.17, 15) is 18.0 Å². The van der Waals surface area contributed by atoms with Crippen LogP contribution in [-0.2, 0) is 32.6 Å². The van der Waals surface area contributed by atoms with Crippen molar-refractivity contribution in [3.8, 4) is 0 Å². The van der Waals surface area contributed by atoms with Crippen molar-refractivity contribution < 1.29 is 18.0 Å². The molecule has 40 heavy (non-hydrogen) atoms. The number of carbonyl (C=O) groups is 2. The van der Waals surface area contributed by atoms with Crippen molar-refractivity contribution >= 4 is 21.8 Å². The highest BCUT2D eigenvalue weighted by molar-refractivity contribution is 7.89. The van der Waals surface area contributed by atoms with Gasteiger partial charge in [0.05, 0.1) is 4.90 Å². The first-order chi connectivity index (χ1) is 19.1. The summed E-state index contributed by atoms with van der Waals surface area (Å²) < 4.78 is 27.1. The van der Waals surface area contributed by atoms with E-state index in [-0.39, 0.29) is 42.3 Å². The molecule has 3 aromatic rings. The first-order valence-corrected chi connectivity index (χ1v) is 15.3. The van der Waals surface area contributed by atoms with E-state index in [0.717, 1.165) is 23.1 Å². The van der Waals surface area contributed by atoms with Gasteiger partial charge in [-0.3, -0.25) is 9.59 Å². The number of rotatable bonds is 14. The van der Waals surface area contributed by atoms with E-state index in [2.05, 4.69) is 5.32 Å². The zero-order valence-corrected chi connectivity index (χ0v) is 24.7. The lowest BCUT2D eigenvalue weighted by atomic mass is 10.0. The third-order valence-corrected chi connectivity index (χ3v) is 8.93. The summed E-state index contributed by atoms with van der Waals surface area (Å²) in [6.07, 6.45) is 1.60. The van der Waals surface area contributed by atoms with Crippen molar-refractivity contribution in [2.24, 2.45) is 0 Å². The Morgan fingerprint density at radius 3 is 2.08 bits per heavy atom. The van der Waals surface area contributed by atoms with Crippen LogP contribution in [0.25, 0.3) is 0 Å². The lowest BCUT2D eigenvalue weighted by molar-refractivity contribution is -0.141. The first-order valence-electron chi connectivity index (χ1n) is 13.8. The molecule has 0 saturated carbocycles. The molecule has 0 aliphatic rings. The minimum absolute atomic E-state index is 0.0288. The molecular weight excluding hydrogens is 522 g/mol. The lowest BCUT2D eigenvalue weighted by Gasteiger charge is -2.32. The van der Waals surface area contributed by atoms with Crippen LogP contribution in [0.2, 0.25) is 0 Å². The van der Waals surface area contributed by atoms with Crippen LogP contribution < -0.4 is 5.32 Å². The number of aryl methyl sites for hydroxylation is 1. The Morgan fingerprint density at radius 1 is 0.875 bits per heavy atom. The predicted octanol–water partition coefficient (Wildman–Crippen LogP) is 4.95. The Labute approximate surface area is 239 Å². The third-order valence-electron chi connectivity index (χ3n) is 7.06. The second kappa shape index (κ2) is 14.8. The number of hydrogen-bond acceptors (Lipinski definition) is 4. The van der Waals surface area contributed by atoms with Gasteiger partial charge in [-0.1, -0.05) is 85.3 Å². The largest absolute Gasteiger partial charge is 0.352 e. The van der Waals surface area contributed by atoms with Crippen LogP contribution in [0.15, 0.2) is 89.8 Å². The summed E-state index contributed by atoms with van der Waals surface area (Å²) in [7, 11) is -2.13. The van der Waals surface area contributed by atoms with Gasteiger partial charge in [0.25, 0.3) is 0 Å². The van der Waals surface area contributed by atoms with Crippen molar-refractivity contribution in [2.75, 3.05) is 13.6 Å². The monoisotopic (exact) mass is 563 g/mol. The summed E-state index contributed by atoms with van der Waals surface area (Å²) >= 11 is 0. The van der Waals surface area contributed by atoms with Gasteiger partial charge in [-0.15, -0.1) is 0 Å². The fourth-order valence-electron chi connectivity index (χ4n) is 4.37. The molecule has 0 heterocycles. The maximum absolute atomic E-state index is 13.8. The Bertz CT molecular complexity index is 1330. The SMILES string of the molecule is CC[C@@H](C)NC(=O)[C@@H](Cc1ccccc1)N(Cc1ccc(C)cc1)C(=O)CCCN(C)S(=O)(=O)c1ccccc1. The van der Waals surface area contributed by atoms with Crippen molar-refractivity contribution in [1.29, 1.82) is 0 Å². The molecule has 3 rings (SSSR count). The Morgan fingerprint density at radius 2 is 1.48 bits per heavy atom. The van der Waals surface area contributed by atoms with Gasteiger partial charge in [-0.2, -0.15) is 0 Å². The summed E-state index contributed by atoms with van der Waals surface area (Å²) in [4.78, 5) is 29.2. The summed E-state index contributed by atoms with van der Waals surface area (Å²) in [6.45, 7) is 6.43. The molecule has 1 N–H and O–H groups in total. The van der Waals surface area contributed by atoms with Crippen LogP contribution >= 0.6 is 0 Å². The quantitative estimate of drug-likeness (QED) is 0.301. The lowest BCUT2D eigenvalue weighted by Crippen LogP contribution is -2.52. The zero-order chi connectivity index (χ0) is 29.1. The molecule has 0 unspecified atom stereocenters. The first kappa shape index (κ1) is 31.0. The van der Waals surface area contributed by atoms with Crippen LogP contribution in [0, 0.1) is 6.92 Å². The normalized spacial score (nSPS) is 13.0. The van der Waals surface area contributed by atoms with Gasteiger partial charge in [0, 0.05) is 39.0 Å². The number of sulfonamides is 1. The van der Waals surface area contributed by atoms with Gasteiger partial charge in [0.2, 0.25) is 21.8 Å². The molecule has 214 valence electrons. The van der Waals surface area contributed by atoms with E-state index in [1.54, 1.807) is 35.2 Å². The number of hydrogen-bond donors (Lipinski definition) is 1. The van der Waals surface area contributed by atoms with Gasteiger partial charge in [0.15, 0.2) is 0 Å². The Hall–Kier alpha value is -3.49. The van der Waals surface area contributed by atoms with Crippen molar-refractivity contribution in [2.45, 2.75) is 70.0 Å². The zero-order valence-electron chi connectivity index (χ0n) is 23.9. The second-order valence-electron chi connectivity index (χ2n) is 10.3. The molecule has 0 aliphatic carbocycles. The second-order valence-corrected chi connectivity index (χ2v) is 12.3. The molecule has 8 heteroatoms. The molecular formula is C32H41N3O4S. The van der Waals surface area contributed by atoms with Gasteiger partial charge in [-0.05, 0) is 49.9 Å². The maximum atomic E-state index is 13.8. The molecule has 0 spiro atoms. The molecule has 0 bridgehead atoms. The number of benzene rings is 3. The minimum atomic E-state index is -3.65. The van der Waals surface area contributed by atoms with E-state index < -0.39 is 16.1 Å². The molecule has 0 radical (unpaired) electrons. The van der Waals surface area contributed by atoms with Crippen LogP contribution in [0.1, 0.15) is 49.8 Å². The van der Waals surface area contributed by atoms with E-state index in [0.29, 0.717) is 12.8 Å². The summed E-state index contributed by atoms with van der Waals surface area (Å²) in [5.41, 5.74) is 3.00. The number of amides is 2. The smallest absolute Gasteiger partial charge is 0.243 e. The fraction of sp³-hybridized carbons (Fsp3) is 0.375. The highest BCUT2D eigenvalue weighted by atomic mass is 32.2. The van der Waals surface area contributed by atoms with Crippen molar-refractivity contribution in [1.82, 2.24) is 14.5 Å². The molecule has 0 aromatic heterocycles. The van der Waals surface area contributed by atoms with Crippen LogP contribution in [0.4, 0.5) is 0 Å². The molecule has 7 nitrogen and oxygen atoms in total. The Balaban J connectivity index is 1.83. The minimum Gasteiger partial charge on any atom is -0.352 e. The standard InChI is InChI=1S/C32H41N3O4S/c1-5-26(3)33-32(37)30(23-27-13-8-6-9-14-27)35(24-28-20-18-25(2)19-21-28)31(36)17-12-22-34(4)40(38,39)29-15-10-7-11-16-29/h6-11,13-16,18-21,26,30H,5,12,17,22-24H2,1-4H3,(H,33,37)/t26-,30-/m1/s1. The van der Waals surface area contributed by atoms with Crippen LogP contribution in [-0.4, -0.2) is 55.1 Å². The number of nitrogens with zero attached hydrogens (tertiary/aromatic N) is 2. The maximum Gasteiger partial charge on any atom is 0.243 e. The molecule has 2 atom stereocenters. The number of nitrogens with one attached hydrogen (secondary N) is 1. The van der Waals surface area contributed by atoms with Crippen molar-refractivity contribution in [3.05, 3.63) is 102 Å². The fourth-order valence-corrected chi connectivity index (χ4v) is 5.60. The Kier molecular flexibility index (Phi) is 11.5. The van der Waals surface area contributed by atoms with E-state index in [1.165, 1.54) is 11.4 Å². The molecule has 0 aliphatic heterocycles. The molecule has 0 saturated heterocycles. The molecule has 0 fully saturated rings. The van der Waals surface area contributed by atoms with E-state index >= 15 is 0 Å². The van der Waals surface area contributed by atoms with Crippen LogP contribution in [0.3, 0.4) is 0 Å². The summed E-state index contributed by atoms with van der Waals surface area (Å²) in [5.74, 6) is -0.381. The van der Waals surface area contributed by atoms with Gasteiger partial charge < -0.3 is 10.2 Å². The molecule has 3 aromatic carbocycles. The summed E-state index contributed by atoms with van der Waals surface area (Å²) in [6, 6.07) is 25.1. The van der Waals surface area contributed by atoms with Crippen LogP contribution in [0.5, 0.6) is 0 Å². The predicted molar refractivity (Wildman–Crippen MR) is 159 cm³/mol. The van der Waals surface area contributed by atoms with E-state index in [4.69, 9.17) is 0 Å². The molecule has 2 amide bonds. The highest BCUT2D eigenvalue weighted by Crippen LogP contribution is 2.19. The van der Waals surface area contributed by atoms with E-state index in [1.807, 2.05) is 75.4 Å². The van der Waals surface area contributed by atoms with Gasteiger partial charge in [0.1, 0.15) is 6.04 Å². The van der Waals surface area contributed by atoms with Crippen molar-refractivity contribution in [3.63, 3.8) is 0 Å². The highest BCUT2D eigenvalue weighted by Gasteiger charge is 2.31. The number of carbonyl (C=O) groups excluding carboxylic acids is 2. The average Bonchev–Trinajstić information content (AvgIpc) is 2.96. The van der Waals surface area contributed by atoms with Gasteiger partial charge in [-0.25, -0.2) is 12.7 Å². The third kappa shape index (κ3) is 8.76.